The highest BCUT2D eigenvalue weighted by Crippen LogP contribution is 2.31. The van der Waals surface area contributed by atoms with Gasteiger partial charge in [0.15, 0.2) is 0 Å². The molecule has 64 valence electrons. The van der Waals surface area contributed by atoms with Crippen molar-refractivity contribution >= 4 is 0 Å². The number of rotatable bonds is 0. The van der Waals surface area contributed by atoms with E-state index >= 15 is 0 Å². The lowest BCUT2D eigenvalue weighted by Gasteiger charge is -2.43. The molecule has 2 aliphatic rings. The Balaban J connectivity index is 2.05. The average molecular weight is 155 g/mol. The van der Waals surface area contributed by atoms with Crippen LogP contribution in [0.4, 0.5) is 0 Å². The van der Waals surface area contributed by atoms with Crippen molar-refractivity contribution in [1.82, 2.24) is 5.32 Å². The zero-order valence-corrected chi connectivity index (χ0v) is 7.14. The molecule has 2 N–H and O–H groups in total. The Labute approximate surface area is 68.0 Å². The van der Waals surface area contributed by atoms with Crippen LogP contribution in [0.15, 0.2) is 0 Å². The van der Waals surface area contributed by atoms with Crippen molar-refractivity contribution in [3.8, 4) is 0 Å². The smallest absolute Gasteiger partial charge is 0.0649 e. The normalized spacial score (nSPS) is 50.7. The summed E-state index contributed by atoms with van der Waals surface area (Å²) in [7, 11) is 0. The predicted octanol–water partition coefficient (Wildman–Crippen LogP) is 1.04. The van der Waals surface area contributed by atoms with Crippen molar-refractivity contribution in [2.24, 2.45) is 0 Å². The molecule has 2 nitrogen and oxygen atoms in total. The third-order valence-electron chi connectivity index (χ3n) is 2.95. The van der Waals surface area contributed by atoms with Gasteiger partial charge < -0.3 is 10.4 Å². The predicted molar refractivity (Wildman–Crippen MR) is 44.4 cm³/mol. The maximum Gasteiger partial charge on any atom is 0.0649 e. The number of hydrogen-bond donors (Lipinski definition) is 2. The molecule has 0 aromatic carbocycles. The van der Waals surface area contributed by atoms with Gasteiger partial charge in [-0.1, -0.05) is 6.42 Å². The Bertz CT molecular complexity index is 142. The molecule has 0 aromatic rings. The second-order valence-electron chi connectivity index (χ2n) is 4.40. The van der Waals surface area contributed by atoms with Crippen molar-refractivity contribution in [1.29, 1.82) is 0 Å². The summed E-state index contributed by atoms with van der Waals surface area (Å²) in [4.78, 5) is 0. The Kier molecular flexibility index (Phi) is 1.69. The molecule has 0 spiro atoms. The van der Waals surface area contributed by atoms with Gasteiger partial charge in [-0.3, -0.25) is 0 Å². The van der Waals surface area contributed by atoms with Crippen LogP contribution in [0.3, 0.4) is 0 Å². The fourth-order valence-corrected chi connectivity index (χ4v) is 2.58. The van der Waals surface area contributed by atoms with Gasteiger partial charge in [-0.15, -0.1) is 0 Å². The fourth-order valence-electron chi connectivity index (χ4n) is 2.58. The maximum absolute atomic E-state index is 9.84. The summed E-state index contributed by atoms with van der Waals surface area (Å²) in [5.41, 5.74) is -0.388. The number of aliphatic hydroxyl groups is 1. The molecule has 0 unspecified atom stereocenters. The summed E-state index contributed by atoms with van der Waals surface area (Å²) in [6.45, 7) is 1.97. The number of nitrogens with one attached hydrogen (secondary N) is 1. The zero-order chi connectivity index (χ0) is 7.90. The molecule has 2 bridgehead atoms. The number of hydrogen-bond acceptors (Lipinski definition) is 2. The minimum atomic E-state index is -0.388. The summed E-state index contributed by atoms with van der Waals surface area (Å²) < 4.78 is 0. The van der Waals surface area contributed by atoms with Gasteiger partial charge in [0, 0.05) is 12.1 Å². The van der Waals surface area contributed by atoms with E-state index in [-0.39, 0.29) is 5.60 Å². The first-order valence-corrected chi connectivity index (χ1v) is 4.64. The lowest BCUT2D eigenvalue weighted by atomic mass is 9.78. The van der Waals surface area contributed by atoms with Gasteiger partial charge in [0.2, 0.25) is 0 Å². The first kappa shape index (κ1) is 7.56. The van der Waals surface area contributed by atoms with Crippen LogP contribution in [-0.2, 0) is 0 Å². The highest BCUT2D eigenvalue weighted by atomic mass is 16.3. The molecule has 0 radical (unpaired) electrons. The van der Waals surface area contributed by atoms with Crippen LogP contribution in [0.25, 0.3) is 0 Å². The van der Waals surface area contributed by atoms with Crippen molar-refractivity contribution < 1.29 is 5.11 Å². The van der Waals surface area contributed by atoms with E-state index in [1.165, 1.54) is 19.3 Å². The fraction of sp³-hybridized carbons (Fsp3) is 1.00. The van der Waals surface area contributed by atoms with E-state index in [0.717, 1.165) is 12.8 Å². The maximum atomic E-state index is 9.84. The summed E-state index contributed by atoms with van der Waals surface area (Å²) in [5, 5.41) is 13.4. The minimum absolute atomic E-state index is 0.388. The lowest BCUT2D eigenvalue weighted by molar-refractivity contribution is -0.0150. The molecular formula is C9H17NO. The largest absolute Gasteiger partial charge is 0.390 e. The van der Waals surface area contributed by atoms with E-state index in [2.05, 4.69) is 5.32 Å². The molecule has 11 heavy (non-hydrogen) atoms. The Morgan fingerprint density at radius 1 is 1.27 bits per heavy atom. The zero-order valence-electron chi connectivity index (χ0n) is 7.14. The molecule has 0 aromatic heterocycles. The summed E-state index contributed by atoms with van der Waals surface area (Å²) in [6, 6.07) is 1.19. The van der Waals surface area contributed by atoms with Gasteiger partial charge in [0.05, 0.1) is 5.60 Å². The molecule has 0 saturated carbocycles. The molecule has 0 amide bonds. The summed E-state index contributed by atoms with van der Waals surface area (Å²) in [6.07, 6.45) is 5.75. The molecule has 2 heteroatoms. The molecule has 0 aliphatic carbocycles. The van der Waals surface area contributed by atoms with E-state index < -0.39 is 0 Å². The molecule has 2 aliphatic heterocycles. The second kappa shape index (κ2) is 2.46. The van der Waals surface area contributed by atoms with Gasteiger partial charge in [-0.05, 0) is 32.6 Å². The minimum Gasteiger partial charge on any atom is -0.390 e. The molecule has 2 fully saturated rings. The highest BCUT2D eigenvalue weighted by Gasteiger charge is 2.36. The van der Waals surface area contributed by atoms with Crippen LogP contribution >= 0.6 is 0 Å². The van der Waals surface area contributed by atoms with Crippen molar-refractivity contribution in [3.05, 3.63) is 0 Å². The van der Waals surface area contributed by atoms with Crippen LogP contribution in [0.5, 0.6) is 0 Å². The van der Waals surface area contributed by atoms with Gasteiger partial charge in [0.1, 0.15) is 0 Å². The van der Waals surface area contributed by atoms with Crippen molar-refractivity contribution in [3.63, 3.8) is 0 Å². The van der Waals surface area contributed by atoms with Crippen LogP contribution in [-0.4, -0.2) is 22.8 Å². The second-order valence-corrected chi connectivity index (χ2v) is 4.40. The topological polar surface area (TPSA) is 32.3 Å². The standard InChI is InChI=1S/C9H17NO/c1-9(11)5-7-3-2-4-8(6-9)10-7/h7-8,10-11H,2-6H2,1H3/t7-,8-/m1/s1. The van der Waals surface area contributed by atoms with Crippen molar-refractivity contribution in [2.45, 2.75) is 56.7 Å². The van der Waals surface area contributed by atoms with Gasteiger partial charge in [-0.25, -0.2) is 0 Å². The van der Waals surface area contributed by atoms with Gasteiger partial charge in [-0.2, -0.15) is 0 Å². The molecule has 2 saturated heterocycles. The quantitative estimate of drug-likeness (QED) is 0.548. The molecule has 2 atom stereocenters. The summed E-state index contributed by atoms with van der Waals surface area (Å²) in [5.74, 6) is 0. The first-order valence-electron chi connectivity index (χ1n) is 4.64. The number of fused-ring (bicyclic) bond motifs is 2. The van der Waals surface area contributed by atoms with Gasteiger partial charge >= 0.3 is 0 Å². The number of piperidine rings is 2. The monoisotopic (exact) mass is 155 g/mol. The first-order chi connectivity index (χ1) is 5.16. The Hall–Kier alpha value is -0.0800. The third kappa shape index (κ3) is 1.57. The van der Waals surface area contributed by atoms with Crippen LogP contribution in [0.1, 0.15) is 39.0 Å². The molecular weight excluding hydrogens is 138 g/mol. The van der Waals surface area contributed by atoms with E-state index in [4.69, 9.17) is 0 Å². The Morgan fingerprint density at radius 3 is 2.36 bits per heavy atom. The van der Waals surface area contributed by atoms with Crippen molar-refractivity contribution in [2.75, 3.05) is 0 Å². The Morgan fingerprint density at radius 2 is 1.82 bits per heavy atom. The van der Waals surface area contributed by atoms with E-state index in [9.17, 15) is 5.11 Å². The summed E-state index contributed by atoms with van der Waals surface area (Å²) >= 11 is 0. The van der Waals surface area contributed by atoms with Crippen LogP contribution < -0.4 is 5.32 Å². The third-order valence-corrected chi connectivity index (χ3v) is 2.95. The van der Waals surface area contributed by atoms with Crippen LogP contribution in [0.2, 0.25) is 0 Å². The molecule has 2 rings (SSSR count). The highest BCUT2D eigenvalue weighted by molar-refractivity contribution is 4.95. The van der Waals surface area contributed by atoms with E-state index in [0.29, 0.717) is 12.1 Å². The van der Waals surface area contributed by atoms with Crippen LogP contribution in [0, 0.1) is 0 Å². The van der Waals surface area contributed by atoms with E-state index in [1.54, 1.807) is 0 Å². The van der Waals surface area contributed by atoms with E-state index in [1.807, 2.05) is 6.92 Å². The average Bonchev–Trinajstić information content (AvgIpc) is 1.82. The molecule has 2 heterocycles. The lowest BCUT2D eigenvalue weighted by Crippen LogP contribution is -2.54. The SMILES string of the molecule is CC1(O)C[C@H]2CCC[C@H](C1)N2. The van der Waals surface area contributed by atoms with Gasteiger partial charge in [0.25, 0.3) is 0 Å².